The summed E-state index contributed by atoms with van der Waals surface area (Å²) in [5, 5.41) is 39.7. The lowest BCUT2D eigenvalue weighted by Crippen LogP contribution is -2.71. The van der Waals surface area contributed by atoms with Gasteiger partial charge in [-0.1, -0.05) is 13.8 Å². The average molecular weight is 460 g/mol. The van der Waals surface area contributed by atoms with E-state index in [9.17, 15) is 25.2 Å². The molecule has 6 aliphatic rings. The molecular weight excluding hydrogens is 428 g/mol. The van der Waals surface area contributed by atoms with Crippen molar-refractivity contribution in [2.45, 2.75) is 101 Å². The van der Waals surface area contributed by atoms with Gasteiger partial charge in [0.05, 0.1) is 0 Å². The number of carbonyl (C=O) groups is 1. The second-order valence-electron chi connectivity index (χ2n) is 10.1. The smallest absolute Gasteiger partial charge is 0.335 e. The van der Waals surface area contributed by atoms with Crippen LogP contribution in [-0.2, 0) is 33.5 Å². The number of aliphatic hydroxyl groups excluding tert-OH is 3. The van der Waals surface area contributed by atoms with Gasteiger partial charge in [-0.25, -0.2) is 14.6 Å². The minimum atomic E-state index is -1.79. The Morgan fingerprint density at radius 1 is 0.938 bits per heavy atom. The molecule has 4 N–H and O–H groups in total. The van der Waals surface area contributed by atoms with Crippen LogP contribution < -0.4 is 0 Å². The third-order valence-corrected chi connectivity index (χ3v) is 8.18. The average Bonchev–Trinajstić information content (AvgIpc) is 2.97. The van der Waals surface area contributed by atoms with Gasteiger partial charge >= 0.3 is 5.97 Å². The minimum Gasteiger partial charge on any atom is -0.479 e. The number of carboxylic acids is 1. The molecule has 182 valence electrons. The lowest BCUT2D eigenvalue weighted by atomic mass is 9.58. The molecule has 5 aliphatic heterocycles. The van der Waals surface area contributed by atoms with Gasteiger partial charge in [-0.2, -0.15) is 0 Å². The first-order chi connectivity index (χ1) is 15.1. The molecule has 0 aromatic heterocycles. The molecule has 0 aromatic rings. The number of carboxylic acid groups (broad SMARTS) is 1. The van der Waals surface area contributed by atoms with E-state index >= 15 is 0 Å². The molecule has 5 saturated heterocycles. The fourth-order valence-electron chi connectivity index (χ4n) is 6.32. The van der Waals surface area contributed by atoms with Crippen LogP contribution in [0.3, 0.4) is 0 Å². The molecule has 13 atom stereocenters. The standard InChI is InChI=1S/C21H32O11/c1-8-4-5-11-9(2)17(28-18-14(24)12(22)13(23)15(27-18)16(25)26)29-19-21(11)10(8)6-7-20(3,30-19)31-32-21/h8-15,17-19,22-24H,4-7H2,1-3H3,(H,25,26)/t8-,9-,10+,11+,12+,13+,14-,15+,17+,18+,19-,20-,21-/m1/s1. The maximum atomic E-state index is 11.4. The maximum absolute atomic E-state index is 11.4. The van der Waals surface area contributed by atoms with Crippen molar-refractivity contribution in [3.63, 3.8) is 0 Å². The first-order valence-corrected chi connectivity index (χ1v) is 11.4. The second-order valence-corrected chi connectivity index (χ2v) is 10.1. The van der Waals surface area contributed by atoms with Crippen LogP contribution in [0, 0.1) is 23.7 Å². The van der Waals surface area contributed by atoms with Crippen LogP contribution in [0.5, 0.6) is 0 Å². The van der Waals surface area contributed by atoms with E-state index in [4.69, 9.17) is 28.7 Å². The summed E-state index contributed by atoms with van der Waals surface area (Å²) in [4.78, 5) is 23.2. The van der Waals surface area contributed by atoms with Gasteiger partial charge in [0.15, 0.2) is 30.6 Å². The summed E-state index contributed by atoms with van der Waals surface area (Å²) in [7, 11) is 0. The predicted molar refractivity (Wildman–Crippen MR) is 102 cm³/mol. The number of fused-ring (bicyclic) bond motifs is 2. The zero-order chi connectivity index (χ0) is 23.0. The summed E-state index contributed by atoms with van der Waals surface area (Å²) in [6, 6.07) is 0. The second kappa shape index (κ2) is 7.82. The van der Waals surface area contributed by atoms with Crippen molar-refractivity contribution in [1.82, 2.24) is 0 Å². The van der Waals surface area contributed by atoms with E-state index in [2.05, 4.69) is 6.92 Å². The predicted octanol–water partition coefficient (Wildman–Crippen LogP) is 0.103. The van der Waals surface area contributed by atoms with Crippen LogP contribution in [0.4, 0.5) is 0 Å². The van der Waals surface area contributed by atoms with E-state index in [1.165, 1.54) is 0 Å². The van der Waals surface area contributed by atoms with Gasteiger partial charge in [0.1, 0.15) is 18.3 Å². The van der Waals surface area contributed by atoms with Gasteiger partial charge in [-0.3, -0.25) is 0 Å². The van der Waals surface area contributed by atoms with Crippen LogP contribution >= 0.6 is 0 Å². The molecule has 1 saturated carbocycles. The van der Waals surface area contributed by atoms with E-state index in [-0.39, 0.29) is 17.8 Å². The molecule has 6 fully saturated rings. The molecule has 0 amide bonds. The van der Waals surface area contributed by atoms with Crippen molar-refractivity contribution in [2.24, 2.45) is 23.7 Å². The third-order valence-electron chi connectivity index (χ3n) is 8.18. The van der Waals surface area contributed by atoms with E-state index in [1.807, 2.05) is 6.92 Å². The summed E-state index contributed by atoms with van der Waals surface area (Å²) in [6.07, 6.45) is -6.80. The highest BCUT2D eigenvalue weighted by atomic mass is 17.3. The van der Waals surface area contributed by atoms with Crippen molar-refractivity contribution in [2.75, 3.05) is 0 Å². The minimum absolute atomic E-state index is 0.0402. The number of hydrogen-bond acceptors (Lipinski definition) is 10. The number of aliphatic carboxylic acids is 1. The van der Waals surface area contributed by atoms with Crippen molar-refractivity contribution in [3.05, 3.63) is 0 Å². The van der Waals surface area contributed by atoms with Crippen LogP contribution in [0.2, 0.25) is 0 Å². The molecule has 11 heteroatoms. The molecule has 2 bridgehead atoms. The molecule has 0 radical (unpaired) electrons. The summed E-state index contributed by atoms with van der Waals surface area (Å²) in [6.45, 7) is 5.94. The monoisotopic (exact) mass is 460 g/mol. The van der Waals surface area contributed by atoms with Gasteiger partial charge in [0.25, 0.3) is 0 Å². The number of hydrogen-bond donors (Lipinski definition) is 4. The van der Waals surface area contributed by atoms with Crippen LogP contribution in [0.1, 0.15) is 46.5 Å². The first kappa shape index (κ1) is 22.9. The molecule has 6 rings (SSSR count). The lowest BCUT2D eigenvalue weighted by Gasteiger charge is -2.60. The van der Waals surface area contributed by atoms with Gasteiger partial charge in [0, 0.05) is 18.3 Å². The van der Waals surface area contributed by atoms with Crippen molar-refractivity contribution in [1.29, 1.82) is 0 Å². The Hall–Kier alpha value is -0.890. The van der Waals surface area contributed by atoms with E-state index in [1.54, 1.807) is 6.92 Å². The van der Waals surface area contributed by atoms with Crippen LogP contribution in [0.25, 0.3) is 0 Å². The third kappa shape index (κ3) is 3.25. The normalized spacial score (nSPS) is 57.5. The number of rotatable bonds is 3. The highest BCUT2D eigenvalue weighted by Gasteiger charge is 2.69. The van der Waals surface area contributed by atoms with E-state index < -0.39 is 60.6 Å². The van der Waals surface area contributed by atoms with Gasteiger partial charge in [0.2, 0.25) is 5.79 Å². The van der Waals surface area contributed by atoms with Crippen molar-refractivity contribution < 1.29 is 53.9 Å². The molecule has 5 heterocycles. The van der Waals surface area contributed by atoms with Gasteiger partial charge in [-0.15, -0.1) is 0 Å². The van der Waals surface area contributed by atoms with Gasteiger partial charge in [-0.05, 0) is 38.0 Å². The Kier molecular flexibility index (Phi) is 5.59. The molecule has 0 aromatic carbocycles. The Morgan fingerprint density at radius 2 is 1.69 bits per heavy atom. The quantitative estimate of drug-likeness (QED) is 0.424. The summed E-state index contributed by atoms with van der Waals surface area (Å²) in [5.74, 6) is -2.14. The topological polar surface area (TPSA) is 153 Å². The first-order valence-electron chi connectivity index (χ1n) is 11.4. The van der Waals surface area contributed by atoms with Crippen LogP contribution in [0.15, 0.2) is 0 Å². The molecule has 1 spiro atoms. The highest BCUT2D eigenvalue weighted by Crippen LogP contribution is 2.60. The molecular formula is C21H32O11. The van der Waals surface area contributed by atoms with E-state index in [0.29, 0.717) is 12.3 Å². The van der Waals surface area contributed by atoms with E-state index in [0.717, 1.165) is 19.3 Å². The zero-order valence-electron chi connectivity index (χ0n) is 18.3. The molecule has 1 aliphatic carbocycles. The van der Waals surface area contributed by atoms with Crippen molar-refractivity contribution >= 4 is 5.97 Å². The number of ether oxygens (including phenoxy) is 4. The zero-order valence-corrected chi connectivity index (χ0v) is 18.3. The molecule has 32 heavy (non-hydrogen) atoms. The molecule has 11 nitrogen and oxygen atoms in total. The summed E-state index contributed by atoms with van der Waals surface area (Å²) in [5.41, 5.74) is -0.793. The Morgan fingerprint density at radius 3 is 2.41 bits per heavy atom. The Bertz CT molecular complexity index is 749. The molecule has 0 unspecified atom stereocenters. The van der Waals surface area contributed by atoms with Crippen molar-refractivity contribution in [3.8, 4) is 0 Å². The summed E-state index contributed by atoms with van der Waals surface area (Å²) < 4.78 is 23.7. The fourth-order valence-corrected chi connectivity index (χ4v) is 6.32. The van der Waals surface area contributed by atoms with Crippen LogP contribution in [-0.4, -0.2) is 81.1 Å². The largest absolute Gasteiger partial charge is 0.479 e. The summed E-state index contributed by atoms with van der Waals surface area (Å²) >= 11 is 0. The van der Waals surface area contributed by atoms with Gasteiger partial charge < -0.3 is 39.4 Å². The maximum Gasteiger partial charge on any atom is 0.335 e. The Labute approximate surface area is 185 Å². The lowest BCUT2D eigenvalue weighted by molar-refractivity contribution is -0.579. The fraction of sp³-hybridized carbons (Fsp3) is 0.952. The SMILES string of the molecule is C[C@H]1[C@@H](O[C@@H]2O[C@H](C(=O)O)[C@@H](O)[C@H](O)[C@H]2O)O[C@@H]2O[C@@]3(C)CC[C@H]4[C@H](C)CC[C@@H]1[C@@]24OO3. The number of aliphatic hydroxyl groups is 3. The Balaban J connectivity index is 1.41. The highest BCUT2D eigenvalue weighted by molar-refractivity contribution is 5.73.